The van der Waals surface area contributed by atoms with Gasteiger partial charge in [-0.25, -0.2) is 32.6 Å². The van der Waals surface area contributed by atoms with Crippen LogP contribution in [0.2, 0.25) is 0 Å². The lowest BCUT2D eigenvalue weighted by molar-refractivity contribution is 0.150. The molecule has 0 bridgehead atoms. The normalized spacial score (nSPS) is 16.7. The number of anilines is 1. The van der Waals surface area contributed by atoms with Crippen molar-refractivity contribution < 1.29 is 13.2 Å². The highest BCUT2D eigenvalue weighted by Gasteiger charge is 2.34. The first-order chi connectivity index (χ1) is 13.6. The Morgan fingerprint density at radius 2 is 2.00 bits per heavy atom. The second kappa shape index (κ2) is 6.32. The lowest BCUT2D eigenvalue weighted by atomic mass is 10.00. The zero-order valence-corrected chi connectivity index (χ0v) is 14.4. The van der Waals surface area contributed by atoms with Gasteiger partial charge in [0, 0.05) is 37.3 Å². The van der Waals surface area contributed by atoms with Crippen molar-refractivity contribution in [3.8, 4) is 0 Å². The molecule has 0 unspecified atom stereocenters. The van der Waals surface area contributed by atoms with Crippen molar-refractivity contribution in [2.45, 2.75) is 18.9 Å². The van der Waals surface area contributed by atoms with Gasteiger partial charge in [-0.1, -0.05) is 0 Å². The van der Waals surface area contributed by atoms with Crippen LogP contribution in [0.15, 0.2) is 43.1 Å². The number of hydrogen-bond donors (Lipinski definition) is 1. The summed E-state index contributed by atoms with van der Waals surface area (Å²) in [6.45, 7) is 0.532. The molecule has 0 aliphatic carbocycles. The predicted octanol–water partition coefficient (Wildman–Crippen LogP) is 3.08. The summed E-state index contributed by atoms with van der Waals surface area (Å²) in [4.78, 5) is 17.6. The molecule has 0 saturated carbocycles. The van der Waals surface area contributed by atoms with Crippen molar-refractivity contribution in [2.24, 2.45) is 0 Å². The molecule has 0 fully saturated rings. The van der Waals surface area contributed by atoms with E-state index in [2.05, 4.69) is 25.0 Å². The van der Waals surface area contributed by atoms with Crippen molar-refractivity contribution in [1.29, 1.82) is 0 Å². The molecule has 0 spiro atoms. The first kappa shape index (κ1) is 16.7. The molecular formula is C18H14F3N7. The molecule has 4 aromatic rings. The molecule has 0 radical (unpaired) electrons. The van der Waals surface area contributed by atoms with Crippen LogP contribution < -0.4 is 4.90 Å². The fraction of sp³-hybridized carbons (Fsp3) is 0.222. The maximum atomic E-state index is 14.2. The number of H-pyrrole nitrogens is 1. The smallest absolute Gasteiger partial charge is 0.266 e. The average molecular weight is 385 g/mol. The second-order valence-electron chi connectivity index (χ2n) is 6.48. The standard InChI is InChI=1S/C18H14F3N7/c19-11-2-1-4-28-14(11)6-13(26-28)16-15-12(24-9-25-15)3-5-27(16)18-22-7-10(8-23-18)17(20)21/h1-2,4,6-9,16-17H,3,5H2,(H,24,25)/t16-/m1/s1. The van der Waals surface area contributed by atoms with Crippen molar-refractivity contribution in [3.05, 3.63) is 71.6 Å². The molecule has 7 nitrogen and oxygen atoms in total. The fourth-order valence-electron chi connectivity index (χ4n) is 3.52. The third kappa shape index (κ3) is 2.60. The molecule has 0 amide bonds. The third-order valence-corrected chi connectivity index (χ3v) is 4.84. The lowest BCUT2D eigenvalue weighted by Gasteiger charge is -2.33. The van der Waals surface area contributed by atoms with Gasteiger partial charge in [0.1, 0.15) is 17.4 Å². The number of nitrogens with one attached hydrogen (secondary N) is 1. The topological polar surface area (TPSA) is 75.0 Å². The highest BCUT2D eigenvalue weighted by Crippen LogP contribution is 2.35. The summed E-state index contributed by atoms with van der Waals surface area (Å²) in [7, 11) is 0. The van der Waals surface area contributed by atoms with Gasteiger partial charge in [-0.2, -0.15) is 5.10 Å². The number of halogens is 3. The number of nitrogens with zero attached hydrogens (tertiary/aromatic N) is 6. The van der Waals surface area contributed by atoms with Crippen LogP contribution in [0.1, 0.15) is 35.1 Å². The molecule has 4 aromatic heterocycles. The van der Waals surface area contributed by atoms with E-state index in [1.165, 1.54) is 10.6 Å². The Morgan fingerprint density at radius 1 is 1.18 bits per heavy atom. The molecule has 28 heavy (non-hydrogen) atoms. The first-order valence-corrected chi connectivity index (χ1v) is 8.64. The van der Waals surface area contributed by atoms with Crippen LogP contribution in [0.3, 0.4) is 0 Å². The molecule has 142 valence electrons. The van der Waals surface area contributed by atoms with E-state index in [1.807, 2.05) is 4.90 Å². The number of pyridine rings is 1. The largest absolute Gasteiger partial charge is 0.348 e. The summed E-state index contributed by atoms with van der Waals surface area (Å²) in [6, 6.07) is 4.13. The number of imidazole rings is 1. The molecule has 1 N–H and O–H groups in total. The molecular weight excluding hydrogens is 371 g/mol. The minimum atomic E-state index is -2.63. The zero-order chi connectivity index (χ0) is 19.3. The summed E-state index contributed by atoms with van der Waals surface area (Å²) in [5.74, 6) is -0.0935. The Hall–Kier alpha value is -3.43. The maximum absolute atomic E-state index is 14.2. The fourth-order valence-corrected chi connectivity index (χ4v) is 3.52. The summed E-state index contributed by atoms with van der Waals surface area (Å²) < 4.78 is 41.3. The number of hydrogen-bond acceptors (Lipinski definition) is 5. The number of rotatable bonds is 3. The van der Waals surface area contributed by atoms with Gasteiger partial charge < -0.3 is 9.88 Å². The quantitative estimate of drug-likeness (QED) is 0.587. The van der Waals surface area contributed by atoms with Crippen LogP contribution in [-0.2, 0) is 6.42 Å². The van der Waals surface area contributed by atoms with E-state index in [4.69, 9.17) is 0 Å². The van der Waals surface area contributed by atoms with Gasteiger partial charge in [-0.05, 0) is 18.2 Å². The molecule has 5 heterocycles. The molecule has 5 rings (SSSR count). The Kier molecular flexibility index (Phi) is 3.78. The predicted molar refractivity (Wildman–Crippen MR) is 93.6 cm³/mol. The van der Waals surface area contributed by atoms with Gasteiger partial charge >= 0.3 is 0 Å². The number of alkyl halides is 2. The van der Waals surface area contributed by atoms with Crippen LogP contribution >= 0.6 is 0 Å². The molecule has 0 saturated heterocycles. The Morgan fingerprint density at radius 3 is 2.75 bits per heavy atom. The monoisotopic (exact) mass is 385 g/mol. The van der Waals surface area contributed by atoms with Gasteiger partial charge in [-0.15, -0.1) is 0 Å². The molecule has 1 aliphatic rings. The van der Waals surface area contributed by atoms with Crippen LogP contribution in [0.4, 0.5) is 19.1 Å². The lowest BCUT2D eigenvalue weighted by Crippen LogP contribution is -2.37. The second-order valence-corrected chi connectivity index (χ2v) is 6.48. The summed E-state index contributed by atoms with van der Waals surface area (Å²) in [5.41, 5.74) is 2.35. The Bertz CT molecular complexity index is 1140. The van der Waals surface area contributed by atoms with Gasteiger partial charge in [-0.3, -0.25) is 0 Å². The van der Waals surface area contributed by atoms with Crippen LogP contribution in [0.25, 0.3) is 5.52 Å². The Labute approximate surface area is 156 Å². The van der Waals surface area contributed by atoms with E-state index in [1.54, 1.807) is 24.7 Å². The van der Waals surface area contributed by atoms with Crippen LogP contribution in [-0.4, -0.2) is 36.1 Å². The molecule has 1 aliphatic heterocycles. The molecule has 1 atom stereocenters. The van der Waals surface area contributed by atoms with E-state index in [0.29, 0.717) is 30.1 Å². The number of aromatic nitrogens is 6. The average Bonchev–Trinajstić information content (AvgIpc) is 3.34. The van der Waals surface area contributed by atoms with E-state index in [0.717, 1.165) is 23.8 Å². The van der Waals surface area contributed by atoms with Gasteiger partial charge in [0.15, 0.2) is 0 Å². The number of aromatic amines is 1. The van der Waals surface area contributed by atoms with Crippen molar-refractivity contribution in [1.82, 2.24) is 29.5 Å². The summed E-state index contributed by atoms with van der Waals surface area (Å²) in [6.07, 6.45) is 3.52. The number of fused-ring (bicyclic) bond motifs is 2. The highest BCUT2D eigenvalue weighted by atomic mass is 19.3. The summed E-state index contributed by atoms with van der Waals surface area (Å²) in [5, 5.41) is 4.50. The Balaban J connectivity index is 1.63. The SMILES string of the molecule is Fc1cccn2nc([C@@H]3c4nc[nH]c4CCN3c3ncc(C(F)F)cn3)cc12. The van der Waals surface area contributed by atoms with E-state index < -0.39 is 12.5 Å². The van der Waals surface area contributed by atoms with Crippen molar-refractivity contribution >= 4 is 11.5 Å². The maximum Gasteiger partial charge on any atom is 0.266 e. The van der Waals surface area contributed by atoms with E-state index in [9.17, 15) is 13.2 Å². The van der Waals surface area contributed by atoms with Gasteiger partial charge in [0.25, 0.3) is 6.43 Å². The van der Waals surface area contributed by atoms with Crippen molar-refractivity contribution in [3.63, 3.8) is 0 Å². The van der Waals surface area contributed by atoms with Crippen LogP contribution in [0, 0.1) is 5.82 Å². The molecule has 0 aromatic carbocycles. The van der Waals surface area contributed by atoms with Gasteiger partial charge in [0.2, 0.25) is 5.95 Å². The van der Waals surface area contributed by atoms with E-state index in [-0.39, 0.29) is 11.4 Å². The van der Waals surface area contributed by atoms with Crippen molar-refractivity contribution in [2.75, 3.05) is 11.4 Å². The third-order valence-electron chi connectivity index (χ3n) is 4.84. The molecule has 10 heteroatoms. The van der Waals surface area contributed by atoms with Gasteiger partial charge in [0.05, 0.1) is 23.3 Å². The highest BCUT2D eigenvalue weighted by molar-refractivity contribution is 5.53. The van der Waals surface area contributed by atoms with Crippen LogP contribution in [0.5, 0.6) is 0 Å². The first-order valence-electron chi connectivity index (χ1n) is 8.64. The minimum absolute atomic E-state index is 0.243. The summed E-state index contributed by atoms with van der Waals surface area (Å²) >= 11 is 0. The zero-order valence-electron chi connectivity index (χ0n) is 14.4. The van der Waals surface area contributed by atoms with E-state index >= 15 is 0 Å². The minimum Gasteiger partial charge on any atom is -0.348 e.